The highest BCUT2D eigenvalue weighted by Gasteiger charge is 2.13. The third-order valence-electron chi connectivity index (χ3n) is 2.63. The monoisotopic (exact) mass is 363 g/mol. The molecule has 5 heteroatoms. The molecule has 0 fully saturated rings. The molecule has 0 aliphatic carbocycles. The van der Waals surface area contributed by atoms with Gasteiger partial charge in [-0.2, -0.15) is 0 Å². The molecule has 1 atom stereocenters. The van der Waals surface area contributed by atoms with Gasteiger partial charge in [-0.1, -0.05) is 41.4 Å². The van der Waals surface area contributed by atoms with Gasteiger partial charge in [0.25, 0.3) is 5.91 Å². The second-order valence-electron chi connectivity index (χ2n) is 4.78. The second kappa shape index (κ2) is 8.18. The SMILES string of the molecule is CSc1ccc(Cl)c(C(=O)NCC(Br)CC(C)C)c1. The lowest BCUT2D eigenvalue weighted by Crippen LogP contribution is -2.30. The van der Waals surface area contributed by atoms with E-state index in [2.05, 4.69) is 35.1 Å². The Morgan fingerprint density at radius 2 is 2.16 bits per heavy atom. The van der Waals surface area contributed by atoms with Crippen LogP contribution in [0.1, 0.15) is 30.6 Å². The Labute approximate surface area is 132 Å². The molecule has 0 bridgehead atoms. The molecule has 0 heterocycles. The zero-order chi connectivity index (χ0) is 14.4. The summed E-state index contributed by atoms with van der Waals surface area (Å²) in [6.45, 7) is 4.93. The van der Waals surface area contributed by atoms with Crippen molar-refractivity contribution in [2.24, 2.45) is 5.92 Å². The molecule has 0 radical (unpaired) electrons. The molecule has 19 heavy (non-hydrogen) atoms. The van der Waals surface area contributed by atoms with Crippen molar-refractivity contribution in [1.29, 1.82) is 0 Å². The Hall–Kier alpha value is -0.190. The molecule has 0 aliphatic rings. The van der Waals surface area contributed by atoms with Crippen LogP contribution in [0.2, 0.25) is 5.02 Å². The van der Waals surface area contributed by atoms with E-state index in [0.717, 1.165) is 11.3 Å². The molecule has 0 spiro atoms. The molecule has 0 saturated heterocycles. The number of carbonyl (C=O) groups excluding carboxylic acids is 1. The first-order valence-electron chi connectivity index (χ1n) is 6.19. The number of benzene rings is 1. The fourth-order valence-electron chi connectivity index (χ4n) is 1.70. The van der Waals surface area contributed by atoms with Crippen molar-refractivity contribution in [2.45, 2.75) is 30.0 Å². The third kappa shape index (κ3) is 5.76. The molecule has 1 N–H and O–H groups in total. The number of alkyl halides is 1. The second-order valence-corrected chi connectivity index (χ2v) is 7.36. The van der Waals surface area contributed by atoms with Gasteiger partial charge >= 0.3 is 0 Å². The molecule has 1 amide bonds. The first kappa shape index (κ1) is 16.9. The van der Waals surface area contributed by atoms with Crippen LogP contribution in [0.3, 0.4) is 0 Å². The van der Waals surface area contributed by atoms with E-state index in [0.29, 0.717) is 27.9 Å². The van der Waals surface area contributed by atoms with Crippen LogP contribution in [0.15, 0.2) is 23.1 Å². The highest BCUT2D eigenvalue weighted by Crippen LogP contribution is 2.23. The quantitative estimate of drug-likeness (QED) is 0.590. The molecule has 2 nitrogen and oxygen atoms in total. The van der Waals surface area contributed by atoms with E-state index in [4.69, 9.17) is 11.6 Å². The fourth-order valence-corrected chi connectivity index (χ4v) is 3.25. The van der Waals surface area contributed by atoms with E-state index in [9.17, 15) is 4.79 Å². The molecule has 106 valence electrons. The minimum Gasteiger partial charge on any atom is -0.351 e. The van der Waals surface area contributed by atoms with Gasteiger partial charge in [0.15, 0.2) is 0 Å². The summed E-state index contributed by atoms with van der Waals surface area (Å²) in [5, 5.41) is 3.41. The zero-order valence-electron chi connectivity index (χ0n) is 11.4. The number of hydrogen-bond donors (Lipinski definition) is 1. The topological polar surface area (TPSA) is 29.1 Å². The van der Waals surface area contributed by atoms with Crippen LogP contribution < -0.4 is 5.32 Å². The van der Waals surface area contributed by atoms with E-state index in [1.807, 2.05) is 18.4 Å². The first-order chi connectivity index (χ1) is 8.93. The number of hydrogen-bond acceptors (Lipinski definition) is 2. The van der Waals surface area contributed by atoms with Gasteiger partial charge in [-0.3, -0.25) is 4.79 Å². The van der Waals surface area contributed by atoms with Crippen molar-refractivity contribution in [1.82, 2.24) is 5.32 Å². The van der Waals surface area contributed by atoms with E-state index >= 15 is 0 Å². The first-order valence-corrected chi connectivity index (χ1v) is 8.71. The molecule has 0 saturated carbocycles. The summed E-state index contributed by atoms with van der Waals surface area (Å²) in [7, 11) is 0. The van der Waals surface area contributed by atoms with E-state index in [1.54, 1.807) is 17.8 Å². The molecule has 1 rings (SSSR count). The van der Waals surface area contributed by atoms with Gasteiger partial charge in [0.2, 0.25) is 0 Å². The molecule has 1 unspecified atom stereocenters. The highest BCUT2D eigenvalue weighted by atomic mass is 79.9. The van der Waals surface area contributed by atoms with Crippen LogP contribution in [0.25, 0.3) is 0 Å². The maximum atomic E-state index is 12.1. The highest BCUT2D eigenvalue weighted by molar-refractivity contribution is 9.09. The van der Waals surface area contributed by atoms with Crippen molar-refractivity contribution in [3.8, 4) is 0 Å². The number of thioether (sulfide) groups is 1. The van der Waals surface area contributed by atoms with Crippen LogP contribution in [0.5, 0.6) is 0 Å². The number of nitrogens with one attached hydrogen (secondary N) is 1. The number of amides is 1. The van der Waals surface area contributed by atoms with Crippen molar-refractivity contribution in [3.05, 3.63) is 28.8 Å². The predicted octanol–water partition coefficient (Wildman–Crippen LogP) is 4.60. The smallest absolute Gasteiger partial charge is 0.252 e. The molecule has 0 aromatic heterocycles. The maximum Gasteiger partial charge on any atom is 0.252 e. The summed E-state index contributed by atoms with van der Waals surface area (Å²) >= 11 is 11.2. The van der Waals surface area contributed by atoms with Gasteiger partial charge in [-0.15, -0.1) is 11.8 Å². The number of halogens is 2. The van der Waals surface area contributed by atoms with Gasteiger partial charge in [0, 0.05) is 16.3 Å². The van der Waals surface area contributed by atoms with Crippen LogP contribution in [-0.2, 0) is 0 Å². The maximum absolute atomic E-state index is 12.1. The third-order valence-corrected chi connectivity index (χ3v) is 4.38. The predicted molar refractivity (Wildman–Crippen MR) is 87.7 cm³/mol. The Bertz CT molecular complexity index is 439. The van der Waals surface area contributed by atoms with Crippen molar-refractivity contribution in [2.75, 3.05) is 12.8 Å². The summed E-state index contributed by atoms with van der Waals surface area (Å²) < 4.78 is 0. The molecule has 0 aliphatic heterocycles. The summed E-state index contributed by atoms with van der Waals surface area (Å²) in [5.41, 5.74) is 0.540. The molecule has 1 aromatic carbocycles. The van der Waals surface area contributed by atoms with Crippen molar-refractivity contribution in [3.63, 3.8) is 0 Å². The van der Waals surface area contributed by atoms with Crippen LogP contribution in [0.4, 0.5) is 0 Å². The van der Waals surface area contributed by atoms with Crippen molar-refractivity contribution < 1.29 is 4.79 Å². The summed E-state index contributed by atoms with van der Waals surface area (Å²) in [5.74, 6) is 0.485. The van der Waals surface area contributed by atoms with Gasteiger partial charge in [0.05, 0.1) is 10.6 Å². The fraction of sp³-hybridized carbons (Fsp3) is 0.500. The molecular weight excluding hydrogens is 346 g/mol. The molecular formula is C14H19BrClNOS. The normalized spacial score (nSPS) is 12.5. The summed E-state index contributed by atoms with van der Waals surface area (Å²) in [6, 6.07) is 5.51. The van der Waals surface area contributed by atoms with Crippen molar-refractivity contribution >= 4 is 45.2 Å². The van der Waals surface area contributed by atoms with E-state index in [1.165, 1.54) is 0 Å². The van der Waals surface area contributed by atoms with Gasteiger partial charge in [0.1, 0.15) is 0 Å². The summed E-state index contributed by atoms with van der Waals surface area (Å²) in [4.78, 5) is 13.4. The van der Waals surface area contributed by atoms with E-state index < -0.39 is 0 Å². The van der Waals surface area contributed by atoms with Gasteiger partial charge < -0.3 is 5.32 Å². The van der Waals surface area contributed by atoms with Crippen LogP contribution >= 0.6 is 39.3 Å². The molecule has 1 aromatic rings. The van der Waals surface area contributed by atoms with Crippen LogP contribution in [0, 0.1) is 5.92 Å². The number of carbonyl (C=O) groups is 1. The van der Waals surface area contributed by atoms with Crippen LogP contribution in [-0.4, -0.2) is 23.5 Å². The Balaban J connectivity index is 2.63. The Kier molecular flexibility index (Phi) is 7.26. The largest absolute Gasteiger partial charge is 0.351 e. The average molecular weight is 365 g/mol. The average Bonchev–Trinajstić information content (AvgIpc) is 2.35. The lowest BCUT2D eigenvalue weighted by molar-refractivity contribution is 0.0953. The van der Waals surface area contributed by atoms with Gasteiger partial charge in [-0.05, 0) is 36.8 Å². The number of rotatable bonds is 6. The van der Waals surface area contributed by atoms with E-state index in [-0.39, 0.29) is 5.91 Å². The lowest BCUT2D eigenvalue weighted by atomic mass is 10.1. The lowest BCUT2D eigenvalue weighted by Gasteiger charge is -2.14. The zero-order valence-corrected chi connectivity index (χ0v) is 14.5. The van der Waals surface area contributed by atoms with Gasteiger partial charge in [-0.25, -0.2) is 0 Å². The minimum atomic E-state index is -0.117. The summed E-state index contributed by atoms with van der Waals surface area (Å²) in [6.07, 6.45) is 3.00. The standard InChI is InChI=1S/C14H19BrClNOS/c1-9(2)6-10(15)8-17-14(18)12-7-11(19-3)4-5-13(12)16/h4-5,7,9-10H,6,8H2,1-3H3,(H,17,18). The Morgan fingerprint density at radius 3 is 2.74 bits per heavy atom. The Morgan fingerprint density at radius 1 is 1.47 bits per heavy atom. The minimum absolute atomic E-state index is 0.117.